The summed E-state index contributed by atoms with van der Waals surface area (Å²) in [7, 11) is 0. The molecule has 1 aromatic rings. The van der Waals surface area contributed by atoms with Gasteiger partial charge in [0.2, 0.25) is 0 Å². The molecule has 1 atom stereocenters. The number of nitrogens with one attached hydrogen (secondary N) is 1. The first-order valence-corrected chi connectivity index (χ1v) is 7.60. The molecule has 1 aromatic heterocycles. The van der Waals surface area contributed by atoms with Gasteiger partial charge in [0.05, 0.1) is 13.2 Å². The van der Waals surface area contributed by atoms with Crippen LogP contribution in [0, 0.1) is 6.92 Å². The Kier molecular flexibility index (Phi) is 5.31. The van der Waals surface area contributed by atoms with Crippen LogP contribution < -0.4 is 5.32 Å². The highest BCUT2D eigenvalue weighted by Crippen LogP contribution is 2.20. The molecule has 1 amide bonds. The van der Waals surface area contributed by atoms with Gasteiger partial charge in [0.25, 0.3) is 5.91 Å². The Morgan fingerprint density at radius 1 is 1.43 bits per heavy atom. The zero-order valence-corrected chi connectivity index (χ0v) is 13.2. The van der Waals surface area contributed by atoms with E-state index in [1.54, 1.807) is 6.07 Å². The number of pyridine rings is 1. The Hall–Kier alpha value is -1.46. The summed E-state index contributed by atoms with van der Waals surface area (Å²) in [6.07, 6.45) is 0.981. The molecular weight excluding hydrogens is 266 g/mol. The summed E-state index contributed by atoms with van der Waals surface area (Å²) in [5.74, 6) is -0.105. The molecule has 2 heterocycles. The molecule has 2 rings (SSSR count). The average Bonchev–Trinajstić information content (AvgIpc) is 2.53. The van der Waals surface area contributed by atoms with E-state index >= 15 is 0 Å². The summed E-state index contributed by atoms with van der Waals surface area (Å²) >= 11 is 0. The summed E-state index contributed by atoms with van der Waals surface area (Å²) in [6.45, 7) is 10.2. The second-order valence-corrected chi connectivity index (χ2v) is 5.80. The summed E-state index contributed by atoms with van der Waals surface area (Å²) < 4.78 is 5.41. The van der Waals surface area contributed by atoms with Gasteiger partial charge >= 0.3 is 0 Å². The zero-order chi connectivity index (χ0) is 15.3. The molecule has 0 bridgehead atoms. The second-order valence-electron chi connectivity index (χ2n) is 5.80. The number of ether oxygens (including phenoxy) is 1. The number of morpholine rings is 1. The first-order valence-electron chi connectivity index (χ1n) is 7.60. The van der Waals surface area contributed by atoms with Crippen LogP contribution in [0.3, 0.4) is 0 Å². The Morgan fingerprint density at radius 3 is 2.76 bits per heavy atom. The van der Waals surface area contributed by atoms with Crippen molar-refractivity contribution < 1.29 is 9.53 Å². The monoisotopic (exact) mass is 291 g/mol. The van der Waals surface area contributed by atoms with Crippen molar-refractivity contribution >= 4 is 5.91 Å². The van der Waals surface area contributed by atoms with Crippen LogP contribution in [0.25, 0.3) is 0 Å². The van der Waals surface area contributed by atoms with Crippen molar-refractivity contribution in [2.75, 3.05) is 32.8 Å². The molecule has 1 fully saturated rings. The van der Waals surface area contributed by atoms with Crippen LogP contribution in [0.4, 0.5) is 0 Å². The van der Waals surface area contributed by atoms with Gasteiger partial charge in [-0.3, -0.25) is 9.69 Å². The first kappa shape index (κ1) is 15.9. The second kappa shape index (κ2) is 7.00. The Balaban J connectivity index is 1.97. The lowest BCUT2D eigenvalue weighted by Crippen LogP contribution is -2.56. The van der Waals surface area contributed by atoms with Crippen molar-refractivity contribution in [1.29, 1.82) is 0 Å². The van der Waals surface area contributed by atoms with E-state index in [0.29, 0.717) is 12.2 Å². The van der Waals surface area contributed by atoms with Crippen LogP contribution in [0.2, 0.25) is 0 Å². The van der Waals surface area contributed by atoms with Crippen LogP contribution in [0.5, 0.6) is 0 Å². The maximum atomic E-state index is 12.2. The van der Waals surface area contributed by atoms with E-state index in [1.807, 2.05) is 19.1 Å². The Labute approximate surface area is 126 Å². The van der Waals surface area contributed by atoms with Gasteiger partial charge < -0.3 is 10.1 Å². The number of aryl methyl sites for hydroxylation is 1. The minimum absolute atomic E-state index is 0.0384. The summed E-state index contributed by atoms with van der Waals surface area (Å²) in [6, 6.07) is 5.50. The third-order valence-electron chi connectivity index (χ3n) is 4.29. The summed E-state index contributed by atoms with van der Waals surface area (Å²) in [5.41, 5.74) is 1.30. The molecule has 1 aliphatic heterocycles. The van der Waals surface area contributed by atoms with Crippen molar-refractivity contribution in [1.82, 2.24) is 15.2 Å². The van der Waals surface area contributed by atoms with Crippen molar-refractivity contribution in [3.63, 3.8) is 0 Å². The Bertz CT molecular complexity index is 486. The van der Waals surface area contributed by atoms with Crippen LogP contribution in [-0.2, 0) is 4.74 Å². The van der Waals surface area contributed by atoms with Crippen molar-refractivity contribution in [3.05, 3.63) is 29.6 Å². The minimum Gasteiger partial charge on any atom is -0.379 e. The van der Waals surface area contributed by atoms with Gasteiger partial charge in [0, 0.05) is 30.9 Å². The highest BCUT2D eigenvalue weighted by atomic mass is 16.5. The lowest BCUT2D eigenvalue weighted by atomic mass is 9.95. The number of aromatic nitrogens is 1. The van der Waals surface area contributed by atoms with Gasteiger partial charge in [-0.25, -0.2) is 4.98 Å². The molecule has 1 N–H and O–H groups in total. The largest absolute Gasteiger partial charge is 0.379 e. The van der Waals surface area contributed by atoms with Gasteiger partial charge in [-0.1, -0.05) is 13.0 Å². The number of rotatable bonds is 5. The smallest absolute Gasteiger partial charge is 0.269 e. The van der Waals surface area contributed by atoms with Crippen molar-refractivity contribution in [2.24, 2.45) is 0 Å². The number of amides is 1. The minimum atomic E-state index is -0.105. The molecule has 1 aliphatic rings. The van der Waals surface area contributed by atoms with Crippen molar-refractivity contribution in [2.45, 2.75) is 32.7 Å². The highest BCUT2D eigenvalue weighted by molar-refractivity contribution is 5.92. The van der Waals surface area contributed by atoms with Crippen molar-refractivity contribution in [3.8, 4) is 0 Å². The number of carbonyl (C=O) groups excluding carboxylic acids is 1. The number of carbonyl (C=O) groups is 1. The molecule has 116 valence electrons. The Morgan fingerprint density at radius 2 is 2.14 bits per heavy atom. The van der Waals surface area contributed by atoms with Gasteiger partial charge in [-0.2, -0.15) is 0 Å². The lowest BCUT2D eigenvalue weighted by molar-refractivity contribution is -0.0169. The van der Waals surface area contributed by atoms with E-state index < -0.39 is 0 Å². The summed E-state index contributed by atoms with van der Waals surface area (Å²) in [4.78, 5) is 18.9. The van der Waals surface area contributed by atoms with E-state index in [9.17, 15) is 4.79 Å². The van der Waals surface area contributed by atoms with E-state index in [2.05, 4.69) is 29.0 Å². The van der Waals surface area contributed by atoms with E-state index in [0.717, 1.165) is 38.4 Å². The third kappa shape index (κ3) is 4.02. The zero-order valence-electron chi connectivity index (χ0n) is 13.2. The third-order valence-corrected chi connectivity index (χ3v) is 4.29. The number of nitrogens with zero attached hydrogens (tertiary/aromatic N) is 2. The van der Waals surface area contributed by atoms with Crippen LogP contribution in [0.1, 0.15) is 36.5 Å². The normalized spacial score (nSPS) is 19.0. The van der Waals surface area contributed by atoms with E-state index in [1.165, 1.54) is 0 Å². The van der Waals surface area contributed by atoms with Crippen LogP contribution in [-0.4, -0.2) is 54.2 Å². The van der Waals surface area contributed by atoms with Gasteiger partial charge in [-0.15, -0.1) is 0 Å². The summed E-state index contributed by atoms with van der Waals surface area (Å²) in [5, 5.41) is 3.03. The standard InChI is InChI=1S/C16H25N3O2/c1-4-16(3,19-8-10-21-11-9-19)12-17-15(20)14-7-5-6-13(2)18-14/h5-7H,4,8-12H2,1-3H3,(H,17,20). The molecule has 1 saturated heterocycles. The molecule has 1 unspecified atom stereocenters. The molecule has 0 aromatic carbocycles. The molecule has 5 heteroatoms. The molecule has 0 spiro atoms. The predicted molar refractivity (Wildman–Crippen MR) is 82.4 cm³/mol. The van der Waals surface area contributed by atoms with Crippen LogP contribution in [0.15, 0.2) is 18.2 Å². The van der Waals surface area contributed by atoms with Crippen LogP contribution >= 0.6 is 0 Å². The molecule has 0 saturated carbocycles. The number of hydrogen-bond acceptors (Lipinski definition) is 4. The quantitative estimate of drug-likeness (QED) is 0.895. The molecule has 0 radical (unpaired) electrons. The number of hydrogen-bond donors (Lipinski definition) is 1. The molecule has 0 aliphatic carbocycles. The SMILES string of the molecule is CCC(C)(CNC(=O)c1cccc(C)n1)N1CCOCC1. The lowest BCUT2D eigenvalue weighted by Gasteiger charge is -2.43. The topological polar surface area (TPSA) is 54.5 Å². The van der Waals surface area contributed by atoms with Gasteiger partial charge in [-0.05, 0) is 32.4 Å². The fourth-order valence-corrected chi connectivity index (χ4v) is 2.59. The van der Waals surface area contributed by atoms with E-state index in [4.69, 9.17) is 4.74 Å². The molecular formula is C16H25N3O2. The first-order chi connectivity index (χ1) is 10.0. The predicted octanol–water partition coefficient (Wildman–Crippen LogP) is 1.62. The highest BCUT2D eigenvalue weighted by Gasteiger charge is 2.31. The molecule has 5 nitrogen and oxygen atoms in total. The maximum Gasteiger partial charge on any atom is 0.269 e. The fourth-order valence-electron chi connectivity index (χ4n) is 2.59. The average molecular weight is 291 g/mol. The van der Waals surface area contributed by atoms with E-state index in [-0.39, 0.29) is 11.4 Å². The molecule has 21 heavy (non-hydrogen) atoms. The fraction of sp³-hybridized carbons (Fsp3) is 0.625. The maximum absolute atomic E-state index is 12.2. The van der Waals surface area contributed by atoms with Gasteiger partial charge in [0.1, 0.15) is 5.69 Å². The van der Waals surface area contributed by atoms with Gasteiger partial charge in [0.15, 0.2) is 0 Å².